The summed E-state index contributed by atoms with van der Waals surface area (Å²) in [4.78, 5) is 24.0. The Labute approximate surface area is 193 Å². The number of ether oxygens (including phenoxy) is 2. The number of phenolic OH excluding ortho intramolecular Hbond substituents is 1. The van der Waals surface area contributed by atoms with E-state index in [1.54, 1.807) is 20.8 Å². The van der Waals surface area contributed by atoms with Gasteiger partial charge in [-0.3, -0.25) is 0 Å². The number of nitrogens with one attached hydrogen (secondary N) is 1. The zero-order chi connectivity index (χ0) is 24.3. The molecule has 176 valence electrons. The second kappa shape index (κ2) is 12.9. The third-order valence-corrected chi connectivity index (χ3v) is 4.13. The summed E-state index contributed by atoms with van der Waals surface area (Å²) in [6.07, 6.45) is 0.197. The first-order valence-electron chi connectivity index (χ1n) is 10.3. The van der Waals surface area contributed by atoms with Gasteiger partial charge in [0, 0.05) is 17.5 Å². The van der Waals surface area contributed by atoms with E-state index in [1.807, 2.05) is 44.2 Å². The number of carbonyl (C=O) groups is 2. The van der Waals surface area contributed by atoms with Crippen LogP contribution in [0.2, 0.25) is 5.02 Å². The SMILES string of the molecule is CC[C@H](NC(=O)OC(C)(C)C)C(=O)OC(C)Cc1ccccc1.Oc1cc(F)cc(Cl)c1. The van der Waals surface area contributed by atoms with E-state index in [9.17, 15) is 14.0 Å². The Morgan fingerprint density at radius 3 is 2.28 bits per heavy atom. The van der Waals surface area contributed by atoms with Crippen molar-refractivity contribution in [1.82, 2.24) is 5.32 Å². The van der Waals surface area contributed by atoms with E-state index in [4.69, 9.17) is 26.2 Å². The molecule has 2 N–H and O–H groups in total. The maximum atomic E-state index is 12.2. The van der Waals surface area contributed by atoms with Gasteiger partial charge in [0.2, 0.25) is 0 Å². The van der Waals surface area contributed by atoms with E-state index < -0.39 is 29.5 Å². The lowest BCUT2D eigenvalue weighted by Crippen LogP contribution is -2.44. The number of rotatable bonds is 6. The predicted octanol–water partition coefficient (Wildman–Crippen LogP) is 5.65. The second-order valence-corrected chi connectivity index (χ2v) is 8.61. The molecule has 0 aromatic heterocycles. The largest absolute Gasteiger partial charge is 0.508 e. The third-order valence-electron chi connectivity index (χ3n) is 3.91. The van der Waals surface area contributed by atoms with E-state index in [-0.39, 0.29) is 16.9 Å². The minimum Gasteiger partial charge on any atom is -0.508 e. The third kappa shape index (κ3) is 11.6. The number of aromatic hydroxyl groups is 1. The number of alkyl carbamates (subject to hydrolysis) is 1. The molecular formula is C24H31ClFNO5. The fourth-order valence-electron chi connectivity index (χ4n) is 2.58. The molecule has 0 aliphatic heterocycles. The fourth-order valence-corrected chi connectivity index (χ4v) is 2.80. The predicted molar refractivity (Wildman–Crippen MR) is 122 cm³/mol. The standard InChI is InChI=1S/C18H27NO4.C6H4ClFO/c1-6-15(19-17(21)23-18(3,4)5)16(20)22-13(2)12-14-10-8-7-9-11-14;7-4-1-5(8)3-6(9)2-4/h7-11,13,15H,6,12H2,1-5H3,(H,19,21);1-3,9H/t13?,15-;/m0./s1. The number of carbonyl (C=O) groups excluding carboxylic acids is 2. The van der Waals surface area contributed by atoms with Crippen LogP contribution in [0.5, 0.6) is 5.75 Å². The molecule has 0 bridgehead atoms. The highest BCUT2D eigenvalue weighted by Crippen LogP contribution is 2.17. The molecule has 2 rings (SSSR count). The first-order chi connectivity index (χ1) is 14.9. The van der Waals surface area contributed by atoms with E-state index in [2.05, 4.69) is 5.32 Å². The molecule has 0 aliphatic rings. The Kier molecular flexibility index (Phi) is 11.0. The lowest BCUT2D eigenvalue weighted by Gasteiger charge is -2.23. The molecule has 2 aromatic carbocycles. The summed E-state index contributed by atoms with van der Waals surface area (Å²) >= 11 is 5.35. The molecule has 32 heavy (non-hydrogen) atoms. The number of esters is 1. The van der Waals surface area contributed by atoms with Gasteiger partial charge >= 0.3 is 12.1 Å². The van der Waals surface area contributed by atoms with Crippen molar-refractivity contribution in [3.05, 3.63) is 64.9 Å². The van der Waals surface area contributed by atoms with Crippen LogP contribution in [0.25, 0.3) is 0 Å². The van der Waals surface area contributed by atoms with Crippen LogP contribution in [0.15, 0.2) is 48.5 Å². The maximum absolute atomic E-state index is 12.2. The van der Waals surface area contributed by atoms with Gasteiger partial charge in [0.05, 0.1) is 0 Å². The molecule has 1 amide bonds. The minimum absolute atomic E-state index is 0.153. The lowest BCUT2D eigenvalue weighted by molar-refractivity contribution is -0.150. The van der Waals surface area contributed by atoms with Crippen LogP contribution in [0, 0.1) is 5.82 Å². The van der Waals surface area contributed by atoms with E-state index >= 15 is 0 Å². The Morgan fingerprint density at radius 1 is 1.16 bits per heavy atom. The molecule has 0 saturated carbocycles. The maximum Gasteiger partial charge on any atom is 0.408 e. The van der Waals surface area contributed by atoms with Crippen LogP contribution in [0.3, 0.4) is 0 Å². The van der Waals surface area contributed by atoms with E-state index in [1.165, 1.54) is 6.07 Å². The Balaban J connectivity index is 0.000000471. The summed E-state index contributed by atoms with van der Waals surface area (Å²) in [5.41, 5.74) is 0.494. The van der Waals surface area contributed by atoms with Gasteiger partial charge in [0.1, 0.15) is 29.3 Å². The highest BCUT2D eigenvalue weighted by atomic mass is 35.5. The van der Waals surface area contributed by atoms with Crippen molar-refractivity contribution in [2.24, 2.45) is 0 Å². The second-order valence-electron chi connectivity index (χ2n) is 8.17. The topological polar surface area (TPSA) is 84.9 Å². The molecule has 0 saturated heterocycles. The molecule has 0 heterocycles. The smallest absolute Gasteiger partial charge is 0.408 e. The minimum atomic E-state index is -0.705. The highest BCUT2D eigenvalue weighted by molar-refractivity contribution is 6.30. The Bertz CT molecular complexity index is 820. The Hall–Kier alpha value is -2.80. The van der Waals surface area contributed by atoms with Gasteiger partial charge in [0.15, 0.2) is 0 Å². The highest BCUT2D eigenvalue weighted by Gasteiger charge is 2.25. The molecule has 8 heteroatoms. The van der Waals surface area contributed by atoms with Crippen molar-refractivity contribution in [3.8, 4) is 5.75 Å². The summed E-state index contributed by atoms with van der Waals surface area (Å²) in [5.74, 6) is -1.12. The van der Waals surface area contributed by atoms with Crippen molar-refractivity contribution in [2.45, 2.75) is 65.2 Å². The molecule has 2 aromatic rings. The van der Waals surface area contributed by atoms with Gasteiger partial charge in [-0.1, -0.05) is 48.9 Å². The first-order valence-corrected chi connectivity index (χ1v) is 10.7. The summed E-state index contributed by atoms with van der Waals surface area (Å²) in [7, 11) is 0. The molecule has 6 nitrogen and oxygen atoms in total. The van der Waals surface area contributed by atoms with Crippen LogP contribution in [-0.4, -0.2) is 34.9 Å². The number of hydrogen-bond acceptors (Lipinski definition) is 5. The summed E-state index contributed by atoms with van der Waals surface area (Å²) in [5, 5.41) is 11.4. The van der Waals surface area contributed by atoms with E-state index in [0.29, 0.717) is 12.8 Å². The van der Waals surface area contributed by atoms with Gasteiger partial charge in [-0.25, -0.2) is 14.0 Å². The van der Waals surface area contributed by atoms with Crippen molar-refractivity contribution >= 4 is 23.7 Å². The quantitative estimate of drug-likeness (QED) is 0.536. The van der Waals surface area contributed by atoms with Crippen LogP contribution in [0.1, 0.15) is 46.6 Å². The molecule has 1 unspecified atom stereocenters. The van der Waals surface area contributed by atoms with Gasteiger partial charge < -0.3 is 19.9 Å². The Morgan fingerprint density at radius 2 is 1.78 bits per heavy atom. The average Bonchev–Trinajstić information content (AvgIpc) is 2.64. The van der Waals surface area contributed by atoms with Crippen LogP contribution in [0.4, 0.5) is 9.18 Å². The van der Waals surface area contributed by atoms with Gasteiger partial charge in [0.25, 0.3) is 0 Å². The van der Waals surface area contributed by atoms with Crippen molar-refractivity contribution in [2.75, 3.05) is 0 Å². The molecule has 0 aliphatic carbocycles. The average molecular weight is 468 g/mol. The zero-order valence-electron chi connectivity index (χ0n) is 19.0. The summed E-state index contributed by atoms with van der Waals surface area (Å²) in [6, 6.07) is 12.5. The van der Waals surface area contributed by atoms with E-state index in [0.717, 1.165) is 17.7 Å². The number of amides is 1. The molecule has 0 spiro atoms. The zero-order valence-corrected chi connectivity index (χ0v) is 19.8. The molecule has 0 fully saturated rings. The first kappa shape index (κ1) is 27.2. The van der Waals surface area contributed by atoms with Crippen molar-refractivity contribution < 1.29 is 28.6 Å². The fraction of sp³-hybridized carbons (Fsp3) is 0.417. The number of halogens is 2. The van der Waals surface area contributed by atoms with Crippen molar-refractivity contribution in [1.29, 1.82) is 0 Å². The normalized spacial score (nSPS) is 12.6. The number of phenols is 1. The van der Waals surface area contributed by atoms with Crippen LogP contribution < -0.4 is 5.32 Å². The molecule has 2 atom stereocenters. The van der Waals surface area contributed by atoms with Crippen LogP contribution >= 0.6 is 11.6 Å². The van der Waals surface area contributed by atoms with Gasteiger partial charge in [-0.15, -0.1) is 0 Å². The monoisotopic (exact) mass is 467 g/mol. The number of hydrogen-bond donors (Lipinski definition) is 2. The summed E-state index contributed by atoms with van der Waals surface area (Å²) in [6.45, 7) is 8.96. The molecular weight excluding hydrogens is 437 g/mol. The van der Waals surface area contributed by atoms with Gasteiger partial charge in [-0.2, -0.15) is 0 Å². The van der Waals surface area contributed by atoms with Crippen molar-refractivity contribution in [3.63, 3.8) is 0 Å². The van der Waals surface area contributed by atoms with Crippen LogP contribution in [-0.2, 0) is 20.7 Å². The number of benzene rings is 2. The van der Waals surface area contributed by atoms with Gasteiger partial charge in [-0.05, 0) is 51.8 Å². The summed E-state index contributed by atoms with van der Waals surface area (Å²) < 4.78 is 22.8. The lowest BCUT2D eigenvalue weighted by atomic mass is 10.1. The molecule has 0 radical (unpaired) electrons.